The van der Waals surface area contributed by atoms with Crippen molar-refractivity contribution in [2.24, 2.45) is 0 Å². The number of benzene rings is 4. The molecule has 0 aliphatic carbocycles. The lowest BCUT2D eigenvalue weighted by Crippen LogP contribution is -1.88. The highest BCUT2D eigenvalue weighted by Gasteiger charge is 2.10. The molecule has 0 N–H and O–H groups in total. The Balaban J connectivity index is 1.26. The molecule has 0 aliphatic heterocycles. The zero-order valence-corrected chi connectivity index (χ0v) is 25.5. The van der Waals surface area contributed by atoms with Crippen molar-refractivity contribution in [2.75, 3.05) is 0 Å². The third-order valence-electron chi connectivity index (χ3n) is 8.22. The Kier molecular flexibility index (Phi) is 8.01. The Hall–Kier alpha value is -7.20. The average molecular weight is 613 g/mol. The first kappa shape index (κ1) is 29.5. The molecule has 6 nitrogen and oxygen atoms in total. The molecule has 0 saturated heterocycles. The molecule has 0 amide bonds. The summed E-state index contributed by atoms with van der Waals surface area (Å²) in [5, 5.41) is 27.3. The van der Waals surface area contributed by atoms with Crippen LogP contribution < -0.4 is 0 Å². The number of aromatic nitrogens is 3. The molecule has 0 aliphatic rings. The molecule has 0 saturated carbocycles. The molecule has 4 aromatic carbocycles. The zero-order valence-electron chi connectivity index (χ0n) is 25.5. The molecule has 6 heteroatoms. The van der Waals surface area contributed by atoms with Crippen LogP contribution in [-0.4, -0.2) is 15.0 Å². The van der Waals surface area contributed by atoms with Crippen molar-refractivity contribution in [1.29, 1.82) is 15.8 Å². The van der Waals surface area contributed by atoms with E-state index in [4.69, 9.17) is 15.8 Å². The number of hydrogen-bond donors (Lipinski definition) is 0. The highest BCUT2D eigenvalue weighted by atomic mass is 14.7. The van der Waals surface area contributed by atoms with Gasteiger partial charge in [-0.3, -0.25) is 0 Å². The number of nitriles is 3. The maximum atomic E-state index is 9.10. The van der Waals surface area contributed by atoms with E-state index < -0.39 is 0 Å². The molecule has 0 unspecified atom stereocenters. The molecule has 3 aromatic heterocycles. The summed E-state index contributed by atoms with van der Waals surface area (Å²) in [5.41, 5.74) is 13.5. The van der Waals surface area contributed by atoms with Gasteiger partial charge in [0.1, 0.15) is 35.3 Å². The summed E-state index contributed by atoms with van der Waals surface area (Å²) < 4.78 is 0. The Bertz CT molecular complexity index is 2070. The fraction of sp³-hybridized carbons (Fsp3) is 0. The number of nitrogens with zero attached hydrogens (tertiary/aromatic N) is 6. The van der Waals surface area contributed by atoms with E-state index in [1.807, 2.05) is 18.2 Å². The van der Waals surface area contributed by atoms with Crippen LogP contribution in [0.15, 0.2) is 146 Å². The minimum absolute atomic E-state index is 0.392. The minimum Gasteiger partial charge on any atom is -0.245 e. The molecule has 0 spiro atoms. The predicted molar refractivity (Wildman–Crippen MR) is 187 cm³/mol. The fourth-order valence-corrected chi connectivity index (χ4v) is 5.59. The summed E-state index contributed by atoms with van der Waals surface area (Å²) >= 11 is 0. The van der Waals surface area contributed by atoms with Crippen LogP contribution in [0.3, 0.4) is 0 Å². The van der Waals surface area contributed by atoms with Crippen LogP contribution in [0.4, 0.5) is 0 Å². The topological polar surface area (TPSA) is 110 Å². The largest absolute Gasteiger partial charge is 0.245 e. The first-order valence-electron chi connectivity index (χ1n) is 15.2. The highest BCUT2D eigenvalue weighted by molar-refractivity contribution is 5.83. The number of hydrogen-bond acceptors (Lipinski definition) is 6. The van der Waals surface area contributed by atoms with Crippen LogP contribution in [0.25, 0.3) is 66.8 Å². The van der Waals surface area contributed by atoms with Gasteiger partial charge in [0.25, 0.3) is 0 Å². The second kappa shape index (κ2) is 13.0. The summed E-state index contributed by atoms with van der Waals surface area (Å²) in [7, 11) is 0. The zero-order chi connectivity index (χ0) is 32.9. The Morgan fingerprint density at radius 3 is 0.667 bits per heavy atom. The lowest BCUT2D eigenvalue weighted by atomic mass is 9.91. The standard InChI is InChI=1S/C42H24N6/c43-22-40-16-13-34(25-46-40)28-1-7-31(8-2-28)37-19-38(32-9-3-29(4-10-32)35-14-17-41(23-44)47-26-35)21-39(20-37)33-11-5-30(6-12-33)36-15-18-42(24-45)48-27-36/h1-21,25-27H. The van der Waals surface area contributed by atoms with Crippen molar-refractivity contribution in [3.63, 3.8) is 0 Å². The van der Waals surface area contributed by atoms with E-state index >= 15 is 0 Å². The molecule has 7 rings (SSSR count). The molecular formula is C42H24N6. The predicted octanol–water partition coefficient (Wildman–Crippen LogP) is 9.49. The quantitative estimate of drug-likeness (QED) is 0.185. The third kappa shape index (κ3) is 6.17. The van der Waals surface area contributed by atoms with Gasteiger partial charge in [0, 0.05) is 35.3 Å². The molecule has 3 heterocycles. The van der Waals surface area contributed by atoms with E-state index in [1.165, 1.54) is 0 Å². The smallest absolute Gasteiger partial charge is 0.140 e. The van der Waals surface area contributed by atoms with Crippen molar-refractivity contribution in [2.45, 2.75) is 0 Å². The van der Waals surface area contributed by atoms with Gasteiger partial charge in [-0.25, -0.2) is 15.0 Å². The molecule has 0 radical (unpaired) electrons. The maximum Gasteiger partial charge on any atom is 0.140 e. The molecule has 0 bridgehead atoms. The van der Waals surface area contributed by atoms with E-state index in [1.54, 1.807) is 36.8 Å². The van der Waals surface area contributed by atoms with Crippen molar-refractivity contribution < 1.29 is 0 Å². The first-order valence-corrected chi connectivity index (χ1v) is 15.2. The van der Waals surface area contributed by atoms with Crippen molar-refractivity contribution in [3.8, 4) is 85.0 Å². The van der Waals surface area contributed by atoms with Gasteiger partial charge < -0.3 is 0 Å². The van der Waals surface area contributed by atoms with Gasteiger partial charge in [-0.2, -0.15) is 15.8 Å². The Morgan fingerprint density at radius 1 is 0.271 bits per heavy atom. The lowest BCUT2D eigenvalue weighted by Gasteiger charge is -2.13. The summed E-state index contributed by atoms with van der Waals surface area (Å²) in [6.07, 6.45) is 5.17. The SMILES string of the molecule is N#Cc1ccc(-c2ccc(-c3cc(-c4ccc(-c5ccc(C#N)nc5)cc4)cc(-c4ccc(-c5ccc(C#N)nc5)cc4)c3)cc2)cn1. The minimum atomic E-state index is 0.392. The van der Waals surface area contributed by atoms with Gasteiger partial charge in [0.2, 0.25) is 0 Å². The van der Waals surface area contributed by atoms with Crippen LogP contribution in [0.2, 0.25) is 0 Å². The molecule has 7 aromatic rings. The summed E-state index contributed by atoms with van der Waals surface area (Å²) in [6, 6.07) is 48.8. The van der Waals surface area contributed by atoms with Crippen molar-refractivity contribution in [1.82, 2.24) is 15.0 Å². The van der Waals surface area contributed by atoms with Crippen LogP contribution in [0.1, 0.15) is 17.1 Å². The second-order valence-electron chi connectivity index (χ2n) is 11.2. The van der Waals surface area contributed by atoms with Crippen LogP contribution in [0.5, 0.6) is 0 Å². The number of pyridine rings is 3. The van der Waals surface area contributed by atoms with E-state index in [-0.39, 0.29) is 0 Å². The average Bonchev–Trinajstić information content (AvgIpc) is 3.18. The van der Waals surface area contributed by atoms with E-state index in [9.17, 15) is 0 Å². The van der Waals surface area contributed by atoms with Gasteiger partial charge in [-0.15, -0.1) is 0 Å². The Labute approximate surface area is 278 Å². The first-order chi connectivity index (χ1) is 23.6. The van der Waals surface area contributed by atoms with Crippen molar-refractivity contribution >= 4 is 0 Å². The summed E-state index contributed by atoms with van der Waals surface area (Å²) in [6.45, 7) is 0. The van der Waals surface area contributed by atoms with E-state index in [2.05, 4.69) is 124 Å². The van der Waals surface area contributed by atoms with Crippen LogP contribution >= 0.6 is 0 Å². The third-order valence-corrected chi connectivity index (χ3v) is 8.22. The molecule has 0 fully saturated rings. The molecule has 222 valence electrons. The van der Waals surface area contributed by atoms with Gasteiger partial charge in [-0.05, 0) is 105 Å². The van der Waals surface area contributed by atoms with Crippen molar-refractivity contribution in [3.05, 3.63) is 163 Å². The Morgan fingerprint density at radius 2 is 0.479 bits per heavy atom. The van der Waals surface area contributed by atoms with Gasteiger partial charge >= 0.3 is 0 Å². The van der Waals surface area contributed by atoms with Gasteiger partial charge in [0.15, 0.2) is 0 Å². The normalized spacial score (nSPS) is 10.4. The maximum absolute atomic E-state index is 9.10. The fourth-order valence-electron chi connectivity index (χ4n) is 5.59. The number of rotatable bonds is 6. The van der Waals surface area contributed by atoms with E-state index in [0.29, 0.717) is 17.1 Å². The molecule has 0 atom stereocenters. The summed E-state index contributed by atoms with van der Waals surface area (Å²) in [4.78, 5) is 12.7. The lowest BCUT2D eigenvalue weighted by molar-refractivity contribution is 1.26. The highest BCUT2D eigenvalue weighted by Crippen LogP contribution is 2.35. The van der Waals surface area contributed by atoms with Gasteiger partial charge in [-0.1, -0.05) is 72.8 Å². The second-order valence-corrected chi connectivity index (χ2v) is 11.2. The molecular weight excluding hydrogens is 589 g/mol. The molecule has 48 heavy (non-hydrogen) atoms. The monoisotopic (exact) mass is 612 g/mol. The summed E-state index contributed by atoms with van der Waals surface area (Å²) in [5.74, 6) is 0. The van der Waals surface area contributed by atoms with Gasteiger partial charge in [0.05, 0.1) is 0 Å². The van der Waals surface area contributed by atoms with Crippen LogP contribution in [0, 0.1) is 34.0 Å². The van der Waals surface area contributed by atoms with Crippen LogP contribution in [-0.2, 0) is 0 Å². The van der Waals surface area contributed by atoms with E-state index in [0.717, 1.165) is 66.8 Å².